The summed E-state index contributed by atoms with van der Waals surface area (Å²) in [7, 11) is 0. The Kier molecular flexibility index (Phi) is 2.72. The predicted molar refractivity (Wildman–Crippen MR) is 72.1 cm³/mol. The Bertz CT molecular complexity index is 693. The summed E-state index contributed by atoms with van der Waals surface area (Å²) >= 11 is 0. The Morgan fingerprint density at radius 2 is 1.89 bits per heavy atom. The number of nitrogens with zero attached hydrogens (tertiary/aromatic N) is 3. The van der Waals surface area contributed by atoms with Crippen LogP contribution in [-0.2, 0) is 0 Å². The highest BCUT2D eigenvalue weighted by atomic mass is 16.3. The Morgan fingerprint density at radius 1 is 1.11 bits per heavy atom. The molecular formula is C14H12N4O. The molecule has 5 heteroatoms. The lowest BCUT2D eigenvalue weighted by Gasteiger charge is -2.10. The van der Waals surface area contributed by atoms with Gasteiger partial charge in [0.2, 0.25) is 5.95 Å². The normalized spacial score (nSPS) is 10.6. The molecule has 0 fully saturated rings. The van der Waals surface area contributed by atoms with Gasteiger partial charge in [0.1, 0.15) is 5.69 Å². The van der Waals surface area contributed by atoms with Gasteiger partial charge in [0, 0.05) is 18.0 Å². The molecule has 2 N–H and O–H groups in total. The predicted octanol–water partition coefficient (Wildman–Crippen LogP) is 2.69. The second kappa shape index (κ2) is 4.53. The SMILES string of the molecule is Cc1nc(N)nc(-c2ccco2)c1-c1ccncc1. The first kappa shape index (κ1) is 11.4. The number of nitrogen functional groups attached to an aromatic ring is 1. The Morgan fingerprint density at radius 3 is 2.58 bits per heavy atom. The number of anilines is 1. The van der Waals surface area contributed by atoms with Crippen LogP contribution < -0.4 is 5.73 Å². The van der Waals surface area contributed by atoms with Crippen molar-refractivity contribution in [2.24, 2.45) is 0 Å². The van der Waals surface area contributed by atoms with E-state index in [4.69, 9.17) is 10.2 Å². The van der Waals surface area contributed by atoms with Crippen LogP contribution in [0.3, 0.4) is 0 Å². The zero-order valence-corrected chi connectivity index (χ0v) is 10.4. The molecule has 19 heavy (non-hydrogen) atoms. The van der Waals surface area contributed by atoms with Gasteiger partial charge in [-0.15, -0.1) is 0 Å². The second-order valence-electron chi connectivity index (χ2n) is 4.10. The van der Waals surface area contributed by atoms with E-state index in [-0.39, 0.29) is 5.95 Å². The molecule has 0 amide bonds. The maximum atomic E-state index is 5.74. The highest BCUT2D eigenvalue weighted by Crippen LogP contribution is 2.32. The van der Waals surface area contributed by atoms with Gasteiger partial charge in [-0.05, 0) is 36.8 Å². The first-order valence-electron chi connectivity index (χ1n) is 5.84. The Hall–Kier alpha value is -2.69. The van der Waals surface area contributed by atoms with E-state index in [1.54, 1.807) is 18.7 Å². The third-order valence-electron chi connectivity index (χ3n) is 2.83. The van der Waals surface area contributed by atoms with Gasteiger partial charge in [0.15, 0.2) is 5.76 Å². The van der Waals surface area contributed by atoms with Crippen molar-refractivity contribution < 1.29 is 4.42 Å². The van der Waals surface area contributed by atoms with Crippen molar-refractivity contribution in [1.82, 2.24) is 15.0 Å². The summed E-state index contributed by atoms with van der Waals surface area (Å²) in [5.41, 5.74) is 9.14. The number of furan rings is 1. The molecule has 0 aromatic carbocycles. The van der Waals surface area contributed by atoms with Crippen molar-refractivity contribution in [1.29, 1.82) is 0 Å². The van der Waals surface area contributed by atoms with Crippen LogP contribution in [0.4, 0.5) is 5.95 Å². The summed E-state index contributed by atoms with van der Waals surface area (Å²) in [6, 6.07) is 7.49. The summed E-state index contributed by atoms with van der Waals surface area (Å²) in [5, 5.41) is 0. The minimum Gasteiger partial charge on any atom is -0.463 e. The molecule has 0 bridgehead atoms. The number of aryl methyl sites for hydroxylation is 1. The lowest BCUT2D eigenvalue weighted by Crippen LogP contribution is -2.02. The van der Waals surface area contributed by atoms with Crippen molar-refractivity contribution in [2.75, 3.05) is 5.73 Å². The molecule has 3 aromatic rings. The van der Waals surface area contributed by atoms with Gasteiger partial charge < -0.3 is 10.2 Å². The maximum absolute atomic E-state index is 5.74. The van der Waals surface area contributed by atoms with Gasteiger partial charge in [0.05, 0.1) is 12.0 Å². The minimum absolute atomic E-state index is 0.238. The summed E-state index contributed by atoms with van der Waals surface area (Å²) in [6.45, 7) is 1.90. The van der Waals surface area contributed by atoms with E-state index in [0.29, 0.717) is 11.5 Å². The maximum Gasteiger partial charge on any atom is 0.220 e. The smallest absolute Gasteiger partial charge is 0.220 e. The molecule has 94 valence electrons. The fourth-order valence-electron chi connectivity index (χ4n) is 2.05. The fraction of sp³-hybridized carbons (Fsp3) is 0.0714. The van der Waals surface area contributed by atoms with Gasteiger partial charge in [-0.2, -0.15) is 0 Å². The average Bonchev–Trinajstić information content (AvgIpc) is 2.92. The van der Waals surface area contributed by atoms with Gasteiger partial charge in [0.25, 0.3) is 0 Å². The van der Waals surface area contributed by atoms with E-state index >= 15 is 0 Å². The number of nitrogens with two attached hydrogens (primary N) is 1. The Labute approximate surface area is 110 Å². The molecule has 0 saturated heterocycles. The van der Waals surface area contributed by atoms with Gasteiger partial charge in [-0.1, -0.05) is 0 Å². The molecule has 3 heterocycles. The summed E-state index contributed by atoms with van der Waals surface area (Å²) in [5.74, 6) is 0.908. The van der Waals surface area contributed by atoms with Crippen LogP contribution in [0, 0.1) is 6.92 Å². The van der Waals surface area contributed by atoms with Gasteiger partial charge in [-0.25, -0.2) is 9.97 Å². The zero-order chi connectivity index (χ0) is 13.2. The van der Waals surface area contributed by atoms with Gasteiger partial charge in [-0.3, -0.25) is 4.98 Å². The lowest BCUT2D eigenvalue weighted by atomic mass is 10.0. The highest BCUT2D eigenvalue weighted by molar-refractivity contribution is 5.80. The molecule has 0 aliphatic rings. The molecule has 0 aliphatic carbocycles. The van der Waals surface area contributed by atoms with Crippen LogP contribution >= 0.6 is 0 Å². The van der Waals surface area contributed by atoms with Crippen molar-refractivity contribution >= 4 is 5.95 Å². The fourth-order valence-corrected chi connectivity index (χ4v) is 2.05. The van der Waals surface area contributed by atoms with Crippen molar-refractivity contribution in [3.63, 3.8) is 0 Å². The largest absolute Gasteiger partial charge is 0.463 e. The van der Waals surface area contributed by atoms with E-state index in [1.165, 1.54) is 0 Å². The van der Waals surface area contributed by atoms with Crippen molar-refractivity contribution in [2.45, 2.75) is 6.92 Å². The number of aromatic nitrogens is 3. The van der Waals surface area contributed by atoms with Crippen molar-refractivity contribution in [3.05, 3.63) is 48.6 Å². The van der Waals surface area contributed by atoms with E-state index in [2.05, 4.69) is 15.0 Å². The molecule has 5 nitrogen and oxygen atoms in total. The lowest BCUT2D eigenvalue weighted by molar-refractivity contribution is 0.580. The molecule has 0 atom stereocenters. The molecule has 3 aromatic heterocycles. The summed E-state index contributed by atoms with van der Waals surface area (Å²) < 4.78 is 5.43. The summed E-state index contributed by atoms with van der Waals surface area (Å²) in [4.78, 5) is 12.6. The number of pyridine rings is 1. The average molecular weight is 252 g/mol. The van der Waals surface area contributed by atoms with Gasteiger partial charge >= 0.3 is 0 Å². The molecule has 0 unspecified atom stereocenters. The standard InChI is InChI=1S/C14H12N4O/c1-9-12(10-4-6-16-7-5-10)13(18-14(15)17-9)11-3-2-8-19-11/h2-8H,1H3,(H2,15,17,18). The highest BCUT2D eigenvalue weighted by Gasteiger charge is 2.16. The first-order chi connectivity index (χ1) is 9.25. The van der Waals surface area contributed by atoms with Crippen LogP contribution in [0.1, 0.15) is 5.69 Å². The van der Waals surface area contributed by atoms with E-state index in [0.717, 1.165) is 16.8 Å². The Balaban J connectivity index is 2.29. The first-order valence-corrected chi connectivity index (χ1v) is 5.84. The van der Waals surface area contributed by atoms with E-state index < -0.39 is 0 Å². The van der Waals surface area contributed by atoms with Crippen LogP contribution in [-0.4, -0.2) is 15.0 Å². The summed E-state index contributed by atoms with van der Waals surface area (Å²) in [6.07, 6.45) is 5.08. The molecule has 0 spiro atoms. The zero-order valence-electron chi connectivity index (χ0n) is 10.4. The molecule has 0 aliphatic heterocycles. The third kappa shape index (κ3) is 2.06. The molecule has 0 radical (unpaired) electrons. The van der Waals surface area contributed by atoms with Crippen LogP contribution in [0.5, 0.6) is 0 Å². The van der Waals surface area contributed by atoms with Crippen LogP contribution in [0.15, 0.2) is 47.3 Å². The molecule has 3 rings (SSSR count). The minimum atomic E-state index is 0.238. The monoisotopic (exact) mass is 252 g/mol. The second-order valence-corrected chi connectivity index (χ2v) is 4.10. The van der Waals surface area contributed by atoms with E-state index in [9.17, 15) is 0 Å². The van der Waals surface area contributed by atoms with Crippen LogP contribution in [0.2, 0.25) is 0 Å². The topological polar surface area (TPSA) is 77.8 Å². The molecule has 0 saturated carbocycles. The van der Waals surface area contributed by atoms with Crippen LogP contribution in [0.25, 0.3) is 22.6 Å². The van der Waals surface area contributed by atoms with Crippen molar-refractivity contribution in [3.8, 4) is 22.6 Å². The third-order valence-corrected chi connectivity index (χ3v) is 2.83. The number of hydrogen-bond donors (Lipinski definition) is 1. The number of rotatable bonds is 2. The number of hydrogen-bond acceptors (Lipinski definition) is 5. The quantitative estimate of drug-likeness (QED) is 0.758. The molecular weight excluding hydrogens is 240 g/mol. The van der Waals surface area contributed by atoms with E-state index in [1.807, 2.05) is 31.2 Å².